The number of aromatic nitrogens is 1. The highest BCUT2D eigenvalue weighted by Gasteiger charge is 2.36. The standard InChI is InChI=1S/C23H28ClFN6O3S/c1-30-20(23(33)28-15-3-4-18(25)17(24)11-15)13-19(29-35-30)22(32)27-14-6-9-31(10-7-14)21-12-16(34-2)5-8-26-21/h3-5,8,11-12,14,19-20,29H,6-7,9-10,13H2,1-2H3,(H,27,32)(H,28,33). The fraction of sp³-hybridized carbons (Fsp3) is 0.435. The Morgan fingerprint density at radius 1 is 1.23 bits per heavy atom. The number of nitrogens with one attached hydrogen (secondary N) is 3. The van der Waals surface area contributed by atoms with Gasteiger partial charge in [-0.25, -0.2) is 18.4 Å². The van der Waals surface area contributed by atoms with Gasteiger partial charge >= 0.3 is 0 Å². The summed E-state index contributed by atoms with van der Waals surface area (Å²) in [6.45, 7) is 1.54. The molecule has 35 heavy (non-hydrogen) atoms. The maximum Gasteiger partial charge on any atom is 0.242 e. The number of hydrogen-bond donors (Lipinski definition) is 3. The van der Waals surface area contributed by atoms with Gasteiger partial charge in [0, 0.05) is 49.2 Å². The molecule has 0 radical (unpaired) electrons. The highest BCUT2D eigenvalue weighted by atomic mass is 35.5. The fourth-order valence-corrected chi connectivity index (χ4v) is 5.10. The number of piperidine rings is 1. The molecule has 2 aliphatic heterocycles. The highest BCUT2D eigenvalue weighted by Crippen LogP contribution is 2.25. The molecule has 1 aromatic heterocycles. The summed E-state index contributed by atoms with van der Waals surface area (Å²) in [4.78, 5) is 32.4. The van der Waals surface area contributed by atoms with Crippen LogP contribution in [0.4, 0.5) is 15.9 Å². The third-order valence-corrected chi connectivity index (χ3v) is 7.38. The van der Waals surface area contributed by atoms with Gasteiger partial charge < -0.3 is 20.3 Å². The summed E-state index contributed by atoms with van der Waals surface area (Å²) in [6.07, 6.45) is 3.60. The average Bonchev–Trinajstić information content (AvgIpc) is 2.87. The fourth-order valence-electron chi connectivity index (χ4n) is 4.12. The zero-order valence-corrected chi connectivity index (χ0v) is 21.0. The summed E-state index contributed by atoms with van der Waals surface area (Å²) in [6, 6.07) is 6.69. The molecule has 2 unspecified atom stereocenters. The summed E-state index contributed by atoms with van der Waals surface area (Å²) in [5, 5.41) is 5.81. The minimum Gasteiger partial charge on any atom is -0.497 e. The first kappa shape index (κ1) is 25.5. The van der Waals surface area contributed by atoms with Crippen molar-refractivity contribution in [3.8, 4) is 5.75 Å². The van der Waals surface area contributed by atoms with E-state index in [1.165, 1.54) is 30.3 Å². The summed E-state index contributed by atoms with van der Waals surface area (Å²) in [7, 11) is 3.40. The third kappa shape index (κ3) is 6.35. The molecule has 2 amide bonds. The number of halogens is 2. The van der Waals surface area contributed by atoms with Gasteiger partial charge in [-0.05, 0) is 50.6 Å². The van der Waals surface area contributed by atoms with Crippen LogP contribution in [0.1, 0.15) is 19.3 Å². The maximum atomic E-state index is 13.4. The SMILES string of the molecule is COc1ccnc(N2CCC(NC(=O)C3CC(C(=O)Nc4ccc(F)c(Cl)c4)N(C)SN3)CC2)c1. The van der Waals surface area contributed by atoms with E-state index in [2.05, 4.69) is 25.2 Å². The minimum atomic E-state index is -0.554. The van der Waals surface area contributed by atoms with E-state index in [9.17, 15) is 14.0 Å². The van der Waals surface area contributed by atoms with Crippen LogP contribution in [0.3, 0.4) is 0 Å². The van der Waals surface area contributed by atoms with Crippen LogP contribution in [0.5, 0.6) is 5.75 Å². The number of hydrogen-bond acceptors (Lipinski definition) is 8. The van der Waals surface area contributed by atoms with E-state index in [4.69, 9.17) is 16.3 Å². The van der Waals surface area contributed by atoms with E-state index in [0.717, 1.165) is 37.5 Å². The van der Waals surface area contributed by atoms with E-state index >= 15 is 0 Å². The molecule has 2 fully saturated rings. The Morgan fingerprint density at radius 2 is 2.00 bits per heavy atom. The smallest absolute Gasteiger partial charge is 0.242 e. The highest BCUT2D eigenvalue weighted by molar-refractivity contribution is 7.95. The summed E-state index contributed by atoms with van der Waals surface area (Å²) in [5.41, 5.74) is 0.400. The molecule has 2 aliphatic rings. The second-order valence-corrected chi connectivity index (χ2v) is 9.90. The number of ether oxygens (including phenoxy) is 1. The molecule has 0 bridgehead atoms. The van der Waals surface area contributed by atoms with Gasteiger partial charge in [0.05, 0.1) is 18.2 Å². The Balaban J connectivity index is 1.29. The molecule has 188 valence electrons. The first-order valence-electron chi connectivity index (χ1n) is 11.3. The van der Waals surface area contributed by atoms with Crippen LogP contribution in [0.25, 0.3) is 0 Å². The Kier molecular flexibility index (Phi) is 8.32. The molecule has 1 aromatic carbocycles. The van der Waals surface area contributed by atoms with Crippen molar-refractivity contribution in [1.29, 1.82) is 0 Å². The van der Waals surface area contributed by atoms with Crippen molar-refractivity contribution in [1.82, 2.24) is 19.3 Å². The molecule has 4 rings (SSSR count). The van der Waals surface area contributed by atoms with Gasteiger partial charge in [0.2, 0.25) is 11.8 Å². The van der Waals surface area contributed by atoms with Gasteiger partial charge in [-0.1, -0.05) is 11.6 Å². The van der Waals surface area contributed by atoms with Crippen LogP contribution >= 0.6 is 23.7 Å². The number of anilines is 2. The lowest BCUT2D eigenvalue weighted by molar-refractivity contribution is -0.125. The van der Waals surface area contributed by atoms with Gasteiger partial charge in [-0.3, -0.25) is 9.59 Å². The van der Waals surface area contributed by atoms with Crippen LogP contribution in [0, 0.1) is 5.82 Å². The molecule has 2 atom stereocenters. The van der Waals surface area contributed by atoms with Gasteiger partial charge in [0.25, 0.3) is 0 Å². The van der Waals surface area contributed by atoms with E-state index in [1.807, 2.05) is 12.1 Å². The van der Waals surface area contributed by atoms with Crippen molar-refractivity contribution in [2.45, 2.75) is 37.4 Å². The Bertz CT molecular complexity index is 1070. The Morgan fingerprint density at radius 3 is 2.71 bits per heavy atom. The lowest BCUT2D eigenvalue weighted by Crippen LogP contribution is -2.56. The number of pyridine rings is 1. The van der Waals surface area contributed by atoms with Gasteiger partial charge in [-0.2, -0.15) is 0 Å². The molecular formula is C23H28ClFN6O3S. The lowest BCUT2D eigenvalue weighted by Gasteiger charge is -2.37. The normalized spacial score (nSPS) is 21.4. The zero-order valence-electron chi connectivity index (χ0n) is 19.5. The lowest BCUT2D eigenvalue weighted by atomic mass is 10.0. The monoisotopic (exact) mass is 522 g/mol. The van der Waals surface area contributed by atoms with Gasteiger partial charge in [0.1, 0.15) is 23.4 Å². The zero-order chi connectivity index (χ0) is 24.9. The topological polar surface area (TPSA) is 98.8 Å². The minimum absolute atomic E-state index is 0.0458. The second-order valence-electron chi connectivity index (χ2n) is 8.50. The summed E-state index contributed by atoms with van der Waals surface area (Å²) in [5.74, 6) is 0.643. The van der Waals surface area contributed by atoms with Crippen molar-refractivity contribution in [2.75, 3.05) is 37.5 Å². The van der Waals surface area contributed by atoms with Crippen molar-refractivity contribution in [3.63, 3.8) is 0 Å². The number of nitrogens with zero attached hydrogens (tertiary/aromatic N) is 3. The van der Waals surface area contributed by atoms with Crippen LogP contribution in [0.2, 0.25) is 5.02 Å². The first-order chi connectivity index (χ1) is 16.8. The summed E-state index contributed by atoms with van der Waals surface area (Å²) >= 11 is 7.03. The molecule has 9 nitrogen and oxygen atoms in total. The number of rotatable bonds is 6. The predicted octanol–water partition coefficient (Wildman–Crippen LogP) is 2.83. The molecule has 0 aliphatic carbocycles. The van der Waals surface area contributed by atoms with E-state index in [-0.39, 0.29) is 22.9 Å². The number of carbonyl (C=O) groups excluding carboxylic acids is 2. The third-order valence-electron chi connectivity index (χ3n) is 6.16. The molecule has 3 heterocycles. The van der Waals surface area contributed by atoms with E-state index in [0.29, 0.717) is 12.1 Å². The molecule has 12 heteroatoms. The first-order valence-corrected chi connectivity index (χ1v) is 12.5. The van der Waals surface area contributed by atoms with E-state index < -0.39 is 17.9 Å². The van der Waals surface area contributed by atoms with Crippen molar-refractivity contribution in [2.24, 2.45) is 0 Å². The predicted molar refractivity (Wildman–Crippen MR) is 135 cm³/mol. The quantitative estimate of drug-likeness (QED) is 0.498. The Labute approximate surface area is 213 Å². The number of methoxy groups -OCH3 is 1. The number of carbonyl (C=O) groups is 2. The molecule has 2 aromatic rings. The molecular weight excluding hydrogens is 495 g/mol. The van der Waals surface area contributed by atoms with Gasteiger partial charge in [-0.15, -0.1) is 0 Å². The van der Waals surface area contributed by atoms with E-state index in [1.54, 1.807) is 24.7 Å². The van der Waals surface area contributed by atoms with Crippen LogP contribution < -0.4 is 25.0 Å². The maximum absolute atomic E-state index is 13.4. The second kappa shape index (κ2) is 11.4. The number of benzene rings is 1. The van der Waals surface area contributed by atoms with Crippen molar-refractivity contribution >= 4 is 47.1 Å². The summed E-state index contributed by atoms with van der Waals surface area (Å²) < 4.78 is 23.6. The van der Waals surface area contributed by atoms with Crippen LogP contribution in [0.15, 0.2) is 36.5 Å². The Hall–Kier alpha value is -2.60. The molecule has 3 N–H and O–H groups in total. The molecule has 0 saturated carbocycles. The van der Waals surface area contributed by atoms with Gasteiger partial charge in [0.15, 0.2) is 0 Å². The van der Waals surface area contributed by atoms with Crippen LogP contribution in [-0.4, -0.2) is 66.5 Å². The molecule has 0 spiro atoms. The van der Waals surface area contributed by atoms with Crippen molar-refractivity contribution < 1.29 is 18.7 Å². The number of likely N-dealkylation sites (N-methyl/N-ethyl adjacent to an activating group) is 1. The van der Waals surface area contributed by atoms with Crippen LogP contribution in [-0.2, 0) is 9.59 Å². The largest absolute Gasteiger partial charge is 0.497 e. The average molecular weight is 523 g/mol. The molecule has 2 saturated heterocycles. The number of amides is 2. The van der Waals surface area contributed by atoms with Crippen molar-refractivity contribution in [3.05, 3.63) is 47.4 Å².